The van der Waals surface area contributed by atoms with Crippen LogP contribution in [0.2, 0.25) is 10.0 Å². The molecule has 176 valence electrons. The van der Waals surface area contributed by atoms with E-state index in [9.17, 15) is 13.6 Å². The molecule has 0 radical (unpaired) electrons. The van der Waals surface area contributed by atoms with Crippen molar-refractivity contribution < 1.29 is 18.3 Å². The summed E-state index contributed by atoms with van der Waals surface area (Å²) in [5.74, 6) is -1.23. The molecule has 1 heterocycles. The Hall–Kier alpha value is -3.09. The number of fused-ring (bicyclic) bond motifs is 1. The van der Waals surface area contributed by atoms with Crippen LogP contribution >= 0.6 is 23.2 Å². The van der Waals surface area contributed by atoms with Crippen LogP contribution in [-0.2, 0) is 6.54 Å². The zero-order chi connectivity index (χ0) is 24.4. The smallest absolute Gasteiger partial charge is 0.410 e. The summed E-state index contributed by atoms with van der Waals surface area (Å²) in [6.45, 7) is 5.06. The third kappa shape index (κ3) is 4.88. The summed E-state index contributed by atoms with van der Waals surface area (Å²) in [6.07, 6.45) is 1.31. The molecule has 0 N–H and O–H groups in total. The second-order valence-corrected chi connectivity index (χ2v) is 8.59. The summed E-state index contributed by atoms with van der Waals surface area (Å²) in [6, 6.07) is 13.7. The van der Waals surface area contributed by atoms with Gasteiger partial charge in [0.1, 0.15) is 17.4 Å². The Bertz CT molecular complexity index is 1350. The Kier molecular flexibility index (Phi) is 7.10. The Morgan fingerprint density at radius 3 is 2.35 bits per heavy atom. The Morgan fingerprint density at radius 1 is 0.971 bits per heavy atom. The van der Waals surface area contributed by atoms with E-state index in [0.717, 1.165) is 17.1 Å². The third-order valence-corrected chi connectivity index (χ3v) is 6.24. The van der Waals surface area contributed by atoms with Gasteiger partial charge in [-0.05, 0) is 73.5 Å². The number of rotatable bonds is 6. The molecule has 4 rings (SSSR count). The first-order valence-electron chi connectivity index (χ1n) is 10.8. The predicted octanol–water partition coefficient (Wildman–Crippen LogP) is 7.78. The monoisotopic (exact) mass is 502 g/mol. The standard InChI is InChI=1S/C26H22Cl2F2N2O2/c1-3-31(4-2)26(33)34-24-8-7-23-21(25(24)16-12-19(29)14-20(30)13-16)9-10-32(23)15-17-11-18(27)5-6-22(17)28/h5-14H,3-4,15H2,1-2H3. The molecule has 0 aliphatic carbocycles. The SMILES string of the molecule is CCN(CC)C(=O)Oc1ccc2c(ccn2Cc2cc(Cl)ccc2Cl)c1-c1cc(F)cc(F)c1. The number of aromatic nitrogens is 1. The summed E-state index contributed by atoms with van der Waals surface area (Å²) in [4.78, 5) is 14.2. The summed E-state index contributed by atoms with van der Waals surface area (Å²) in [5, 5.41) is 1.81. The summed E-state index contributed by atoms with van der Waals surface area (Å²) >= 11 is 12.5. The highest BCUT2D eigenvalue weighted by Gasteiger charge is 2.20. The van der Waals surface area contributed by atoms with Crippen molar-refractivity contribution in [2.75, 3.05) is 13.1 Å². The quantitative estimate of drug-likeness (QED) is 0.269. The molecule has 0 unspecified atom stereocenters. The minimum Gasteiger partial charge on any atom is -0.410 e. The Balaban J connectivity index is 1.86. The molecule has 0 saturated carbocycles. The first kappa shape index (κ1) is 24.0. The summed E-state index contributed by atoms with van der Waals surface area (Å²) < 4.78 is 35.9. The molecule has 0 aliphatic rings. The topological polar surface area (TPSA) is 34.5 Å². The molecular formula is C26H22Cl2F2N2O2. The van der Waals surface area contributed by atoms with E-state index in [-0.39, 0.29) is 11.3 Å². The molecule has 34 heavy (non-hydrogen) atoms. The number of carbonyl (C=O) groups excluding carboxylic acids is 1. The van der Waals surface area contributed by atoms with Crippen molar-refractivity contribution in [1.29, 1.82) is 0 Å². The number of amides is 1. The Morgan fingerprint density at radius 2 is 1.68 bits per heavy atom. The molecule has 8 heteroatoms. The van der Waals surface area contributed by atoms with E-state index in [0.29, 0.717) is 40.6 Å². The number of nitrogens with zero attached hydrogens (tertiary/aromatic N) is 2. The minimum absolute atomic E-state index is 0.216. The van der Waals surface area contributed by atoms with E-state index < -0.39 is 17.7 Å². The number of ether oxygens (including phenoxy) is 1. The maximum Gasteiger partial charge on any atom is 0.415 e. The summed E-state index contributed by atoms with van der Waals surface area (Å²) in [7, 11) is 0. The van der Waals surface area contributed by atoms with Crippen LogP contribution in [0.25, 0.3) is 22.0 Å². The van der Waals surface area contributed by atoms with Gasteiger partial charge in [-0.25, -0.2) is 13.6 Å². The molecule has 1 aromatic heterocycles. The highest BCUT2D eigenvalue weighted by molar-refractivity contribution is 6.33. The first-order chi connectivity index (χ1) is 16.3. The van der Waals surface area contributed by atoms with E-state index in [1.807, 2.05) is 30.7 Å². The van der Waals surface area contributed by atoms with Crippen LogP contribution in [0.5, 0.6) is 5.75 Å². The second-order valence-electron chi connectivity index (χ2n) is 7.75. The number of halogens is 4. The molecule has 0 saturated heterocycles. The van der Waals surface area contributed by atoms with Gasteiger partial charge in [-0.2, -0.15) is 0 Å². The van der Waals surface area contributed by atoms with Gasteiger partial charge in [0.15, 0.2) is 0 Å². The maximum atomic E-state index is 14.1. The highest BCUT2D eigenvalue weighted by Crippen LogP contribution is 2.39. The molecule has 0 bridgehead atoms. The van der Waals surface area contributed by atoms with Gasteiger partial charge in [0.2, 0.25) is 0 Å². The molecular weight excluding hydrogens is 481 g/mol. The molecule has 0 spiro atoms. The highest BCUT2D eigenvalue weighted by atomic mass is 35.5. The van der Waals surface area contributed by atoms with Crippen molar-refractivity contribution in [1.82, 2.24) is 9.47 Å². The van der Waals surface area contributed by atoms with Crippen LogP contribution in [-0.4, -0.2) is 28.6 Å². The van der Waals surface area contributed by atoms with Gasteiger partial charge in [0.05, 0.1) is 0 Å². The lowest BCUT2D eigenvalue weighted by Gasteiger charge is -2.20. The van der Waals surface area contributed by atoms with Gasteiger partial charge in [0.25, 0.3) is 0 Å². The zero-order valence-electron chi connectivity index (χ0n) is 18.6. The van der Waals surface area contributed by atoms with Gasteiger partial charge in [-0.15, -0.1) is 0 Å². The van der Waals surface area contributed by atoms with E-state index >= 15 is 0 Å². The molecule has 4 nitrogen and oxygen atoms in total. The van der Waals surface area contributed by atoms with E-state index in [1.54, 1.807) is 30.3 Å². The van der Waals surface area contributed by atoms with Gasteiger partial charge in [-0.3, -0.25) is 0 Å². The predicted molar refractivity (Wildman–Crippen MR) is 132 cm³/mol. The van der Waals surface area contributed by atoms with Crippen molar-refractivity contribution in [2.24, 2.45) is 0 Å². The van der Waals surface area contributed by atoms with Crippen molar-refractivity contribution in [3.8, 4) is 16.9 Å². The fraction of sp³-hybridized carbons (Fsp3) is 0.192. The van der Waals surface area contributed by atoms with Gasteiger partial charge in [0, 0.05) is 58.4 Å². The third-order valence-electron chi connectivity index (χ3n) is 5.63. The normalized spacial score (nSPS) is 11.1. The zero-order valence-corrected chi connectivity index (χ0v) is 20.1. The lowest BCUT2D eigenvalue weighted by Crippen LogP contribution is -2.33. The molecule has 0 atom stereocenters. The van der Waals surface area contributed by atoms with E-state index in [2.05, 4.69) is 0 Å². The fourth-order valence-corrected chi connectivity index (χ4v) is 4.33. The first-order valence-corrected chi connectivity index (χ1v) is 11.5. The number of hydrogen-bond donors (Lipinski definition) is 0. The minimum atomic E-state index is -0.724. The van der Waals surface area contributed by atoms with Crippen LogP contribution in [0.3, 0.4) is 0 Å². The van der Waals surface area contributed by atoms with Gasteiger partial charge in [-0.1, -0.05) is 23.2 Å². The number of hydrogen-bond acceptors (Lipinski definition) is 2. The molecule has 1 amide bonds. The number of carbonyl (C=O) groups is 1. The van der Waals surface area contributed by atoms with Crippen LogP contribution < -0.4 is 4.74 Å². The summed E-state index contributed by atoms with van der Waals surface area (Å²) in [5.41, 5.74) is 2.29. The van der Waals surface area contributed by atoms with Gasteiger partial charge >= 0.3 is 6.09 Å². The van der Waals surface area contributed by atoms with Crippen molar-refractivity contribution in [3.05, 3.63) is 88.0 Å². The fourth-order valence-electron chi connectivity index (χ4n) is 3.96. The average molecular weight is 503 g/mol. The lowest BCUT2D eigenvalue weighted by molar-refractivity contribution is 0.157. The van der Waals surface area contributed by atoms with Gasteiger partial charge < -0.3 is 14.2 Å². The lowest BCUT2D eigenvalue weighted by atomic mass is 10.00. The molecule has 3 aromatic carbocycles. The second kappa shape index (κ2) is 10.0. The molecule has 0 fully saturated rings. The Labute approximate surface area is 206 Å². The van der Waals surface area contributed by atoms with Crippen molar-refractivity contribution in [3.63, 3.8) is 0 Å². The average Bonchev–Trinajstić information content (AvgIpc) is 3.19. The van der Waals surface area contributed by atoms with Crippen molar-refractivity contribution >= 4 is 40.2 Å². The van der Waals surface area contributed by atoms with Crippen LogP contribution in [0.4, 0.5) is 13.6 Å². The van der Waals surface area contributed by atoms with Crippen LogP contribution in [0.15, 0.2) is 60.8 Å². The van der Waals surface area contributed by atoms with E-state index in [1.165, 1.54) is 17.0 Å². The molecule has 0 aliphatic heterocycles. The van der Waals surface area contributed by atoms with E-state index in [4.69, 9.17) is 27.9 Å². The largest absolute Gasteiger partial charge is 0.415 e. The van der Waals surface area contributed by atoms with Crippen LogP contribution in [0, 0.1) is 11.6 Å². The number of benzene rings is 3. The van der Waals surface area contributed by atoms with Crippen molar-refractivity contribution in [2.45, 2.75) is 20.4 Å². The van der Waals surface area contributed by atoms with Crippen LogP contribution in [0.1, 0.15) is 19.4 Å². The maximum absolute atomic E-state index is 14.1. The molecule has 4 aromatic rings.